The molecule has 3 fully saturated rings. The van der Waals surface area contributed by atoms with Crippen molar-refractivity contribution in [2.75, 3.05) is 20.3 Å². The quantitative estimate of drug-likeness (QED) is 0.596. The number of aliphatic hydroxyl groups excluding tert-OH is 1. The third-order valence-electron chi connectivity index (χ3n) is 7.93. The van der Waals surface area contributed by atoms with Gasteiger partial charge < -0.3 is 19.5 Å². The lowest BCUT2D eigenvalue weighted by atomic mass is 9.93. The molecule has 4 atom stereocenters. The molecule has 180 valence electrons. The summed E-state index contributed by atoms with van der Waals surface area (Å²) in [6, 6.07) is 10.9. The topological polar surface area (TPSA) is 76.8 Å². The standard InChI is InChI=1S/C26H31N3O4S/c1-28-18-2-3-19(28)13-21(12-18)33-20-6-4-17(5-7-20)29-15-27-22-14-23(34-25(22)26(29)31)24(30)16-8-10-32-11-9-16/h4-7,14-16,18-19,21,24,30H,2-3,8-13H2,1H3/t18-,19+,21+,24?. The van der Waals surface area contributed by atoms with E-state index < -0.39 is 6.10 Å². The van der Waals surface area contributed by atoms with Gasteiger partial charge in [-0.2, -0.15) is 0 Å². The SMILES string of the molecule is CN1[C@@H]2CC[C@H]1C[C@@H](Oc1ccc(-n3cnc4cc(C(O)C5CCOCC5)sc4c3=O)cc1)C2. The molecule has 3 saturated heterocycles. The Morgan fingerprint density at radius 3 is 2.53 bits per heavy atom. The van der Waals surface area contributed by atoms with Crippen molar-refractivity contribution in [3.63, 3.8) is 0 Å². The minimum Gasteiger partial charge on any atom is -0.490 e. The molecule has 1 aromatic carbocycles. The smallest absolute Gasteiger partial charge is 0.275 e. The van der Waals surface area contributed by atoms with Crippen LogP contribution in [0.1, 0.15) is 49.5 Å². The maximum absolute atomic E-state index is 13.2. The number of nitrogens with zero attached hydrogens (tertiary/aromatic N) is 3. The normalized spacial score (nSPS) is 26.7. The Morgan fingerprint density at radius 1 is 1.12 bits per heavy atom. The van der Waals surface area contributed by atoms with Crippen LogP contribution in [0.4, 0.5) is 0 Å². The summed E-state index contributed by atoms with van der Waals surface area (Å²) >= 11 is 1.35. The molecule has 2 bridgehead atoms. The highest BCUT2D eigenvalue weighted by atomic mass is 32.1. The Kier molecular flexibility index (Phi) is 5.93. The van der Waals surface area contributed by atoms with Gasteiger partial charge in [-0.1, -0.05) is 0 Å². The molecule has 3 aromatic rings. The summed E-state index contributed by atoms with van der Waals surface area (Å²) < 4.78 is 13.9. The fourth-order valence-electron chi connectivity index (χ4n) is 5.86. The third-order valence-corrected chi connectivity index (χ3v) is 9.12. The molecular weight excluding hydrogens is 450 g/mol. The first-order valence-electron chi connectivity index (χ1n) is 12.3. The molecule has 0 amide bonds. The van der Waals surface area contributed by atoms with E-state index in [4.69, 9.17) is 9.47 Å². The van der Waals surface area contributed by atoms with E-state index in [9.17, 15) is 9.90 Å². The van der Waals surface area contributed by atoms with Crippen molar-refractivity contribution in [2.45, 2.75) is 62.8 Å². The number of hydrogen-bond acceptors (Lipinski definition) is 7. The van der Waals surface area contributed by atoms with Crippen molar-refractivity contribution in [1.29, 1.82) is 0 Å². The minimum absolute atomic E-state index is 0.110. The van der Waals surface area contributed by atoms with E-state index in [0.717, 1.165) is 42.0 Å². The fraction of sp³-hybridized carbons (Fsp3) is 0.538. The highest BCUT2D eigenvalue weighted by Crippen LogP contribution is 2.37. The fourth-order valence-corrected chi connectivity index (χ4v) is 6.98. The second-order valence-electron chi connectivity index (χ2n) is 9.93. The Bertz CT molecular complexity index is 1200. The number of hydrogen-bond donors (Lipinski definition) is 1. The number of rotatable bonds is 5. The van der Waals surface area contributed by atoms with Gasteiger partial charge in [0, 0.05) is 30.2 Å². The molecular formula is C26H31N3O4S. The van der Waals surface area contributed by atoms with Gasteiger partial charge in [0.05, 0.1) is 17.3 Å². The molecule has 5 heterocycles. The van der Waals surface area contributed by atoms with Crippen LogP contribution in [-0.2, 0) is 4.74 Å². The number of fused-ring (bicyclic) bond motifs is 3. The molecule has 6 rings (SSSR count). The Morgan fingerprint density at radius 2 is 1.82 bits per heavy atom. The number of benzene rings is 1. The summed E-state index contributed by atoms with van der Waals surface area (Å²) in [5.41, 5.74) is 1.29. The number of thiophene rings is 1. The van der Waals surface area contributed by atoms with Gasteiger partial charge in [0.1, 0.15) is 22.9 Å². The zero-order valence-electron chi connectivity index (χ0n) is 19.4. The van der Waals surface area contributed by atoms with E-state index in [2.05, 4.69) is 16.9 Å². The van der Waals surface area contributed by atoms with Gasteiger partial charge in [-0.05, 0) is 81.8 Å². The van der Waals surface area contributed by atoms with E-state index in [1.165, 1.54) is 24.2 Å². The van der Waals surface area contributed by atoms with Crippen LogP contribution in [0.5, 0.6) is 5.75 Å². The molecule has 0 spiro atoms. The molecule has 34 heavy (non-hydrogen) atoms. The molecule has 3 aliphatic rings. The lowest BCUT2D eigenvalue weighted by molar-refractivity contribution is 0.00856. The second kappa shape index (κ2) is 9.07. The number of aliphatic hydroxyl groups is 1. The van der Waals surface area contributed by atoms with Crippen LogP contribution < -0.4 is 10.3 Å². The van der Waals surface area contributed by atoms with Crippen LogP contribution in [0.15, 0.2) is 41.5 Å². The van der Waals surface area contributed by atoms with Crippen LogP contribution in [0, 0.1) is 5.92 Å². The summed E-state index contributed by atoms with van der Waals surface area (Å²) in [7, 11) is 2.23. The summed E-state index contributed by atoms with van der Waals surface area (Å²) in [5.74, 6) is 1.01. The van der Waals surface area contributed by atoms with Crippen molar-refractivity contribution in [3.05, 3.63) is 51.9 Å². The molecule has 0 radical (unpaired) electrons. The lowest BCUT2D eigenvalue weighted by Gasteiger charge is -2.36. The van der Waals surface area contributed by atoms with Gasteiger partial charge in [0.25, 0.3) is 5.56 Å². The van der Waals surface area contributed by atoms with Crippen LogP contribution in [0.2, 0.25) is 0 Å². The average Bonchev–Trinajstić information content (AvgIpc) is 3.37. The van der Waals surface area contributed by atoms with Crippen molar-refractivity contribution < 1.29 is 14.6 Å². The molecule has 0 aliphatic carbocycles. The van der Waals surface area contributed by atoms with Gasteiger partial charge in [-0.15, -0.1) is 11.3 Å². The zero-order valence-corrected chi connectivity index (χ0v) is 20.2. The largest absolute Gasteiger partial charge is 0.490 e. The van der Waals surface area contributed by atoms with Gasteiger partial charge in [-0.3, -0.25) is 9.36 Å². The molecule has 1 unspecified atom stereocenters. The number of aromatic nitrogens is 2. The first-order valence-corrected chi connectivity index (χ1v) is 13.1. The van der Waals surface area contributed by atoms with Gasteiger partial charge in [0.2, 0.25) is 0 Å². The summed E-state index contributed by atoms with van der Waals surface area (Å²) in [4.78, 5) is 21.1. The maximum atomic E-state index is 13.2. The van der Waals surface area contributed by atoms with Crippen LogP contribution >= 0.6 is 11.3 Å². The Labute approximate surface area is 202 Å². The first-order chi connectivity index (χ1) is 16.6. The van der Waals surface area contributed by atoms with Crippen LogP contribution in [0.25, 0.3) is 15.9 Å². The Hall–Kier alpha value is -2.26. The summed E-state index contributed by atoms with van der Waals surface area (Å²) in [5, 5.41) is 10.8. The second-order valence-corrected chi connectivity index (χ2v) is 11.0. The van der Waals surface area contributed by atoms with Crippen molar-refractivity contribution in [3.8, 4) is 11.4 Å². The molecule has 8 heteroatoms. The van der Waals surface area contributed by atoms with E-state index >= 15 is 0 Å². The van der Waals surface area contributed by atoms with Crippen molar-refractivity contribution in [1.82, 2.24) is 14.5 Å². The van der Waals surface area contributed by atoms with Crippen LogP contribution in [-0.4, -0.2) is 58.0 Å². The third kappa shape index (κ3) is 4.06. The van der Waals surface area contributed by atoms with Crippen LogP contribution in [0.3, 0.4) is 0 Å². The van der Waals surface area contributed by atoms with Gasteiger partial charge >= 0.3 is 0 Å². The minimum atomic E-state index is -0.581. The predicted molar refractivity (Wildman–Crippen MR) is 132 cm³/mol. The summed E-state index contributed by atoms with van der Waals surface area (Å²) in [6.45, 7) is 1.35. The van der Waals surface area contributed by atoms with Gasteiger partial charge in [-0.25, -0.2) is 4.98 Å². The van der Waals surface area contributed by atoms with E-state index in [-0.39, 0.29) is 17.6 Å². The molecule has 3 aliphatic heterocycles. The van der Waals surface area contributed by atoms with E-state index in [0.29, 0.717) is 35.5 Å². The van der Waals surface area contributed by atoms with Crippen molar-refractivity contribution in [2.24, 2.45) is 5.92 Å². The highest BCUT2D eigenvalue weighted by Gasteiger charge is 2.39. The molecule has 7 nitrogen and oxygen atoms in total. The molecule has 2 aromatic heterocycles. The first kappa shape index (κ1) is 22.2. The highest BCUT2D eigenvalue weighted by molar-refractivity contribution is 7.19. The number of piperidine rings is 1. The monoisotopic (exact) mass is 481 g/mol. The molecule has 1 N–H and O–H groups in total. The van der Waals surface area contributed by atoms with Gasteiger partial charge in [0.15, 0.2) is 0 Å². The molecule has 0 saturated carbocycles. The lowest BCUT2D eigenvalue weighted by Crippen LogP contribution is -2.43. The van der Waals surface area contributed by atoms with Crippen molar-refractivity contribution >= 4 is 21.6 Å². The predicted octanol–water partition coefficient (Wildman–Crippen LogP) is 3.91. The van der Waals surface area contributed by atoms with E-state index in [1.54, 1.807) is 10.9 Å². The average molecular weight is 482 g/mol. The number of ether oxygens (including phenoxy) is 2. The Balaban J connectivity index is 1.20. The summed E-state index contributed by atoms with van der Waals surface area (Å²) in [6.07, 6.45) is 7.62. The maximum Gasteiger partial charge on any atom is 0.275 e. The van der Waals surface area contributed by atoms with E-state index in [1.807, 2.05) is 30.3 Å². The zero-order chi connectivity index (χ0) is 23.2.